The van der Waals surface area contributed by atoms with Crippen molar-refractivity contribution in [3.63, 3.8) is 0 Å². The molecule has 0 fully saturated rings. The molecule has 0 aliphatic rings. The van der Waals surface area contributed by atoms with Crippen LogP contribution in [0.2, 0.25) is 0 Å². The number of hydrogen-bond donors (Lipinski definition) is 1. The van der Waals surface area contributed by atoms with Crippen LogP contribution in [0.5, 0.6) is 5.75 Å². The Labute approximate surface area is 157 Å². The summed E-state index contributed by atoms with van der Waals surface area (Å²) >= 11 is 0. The molecule has 0 heterocycles. The van der Waals surface area contributed by atoms with E-state index in [1.807, 2.05) is 0 Å². The van der Waals surface area contributed by atoms with Gasteiger partial charge in [0, 0.05) is 0 Å². The van der Waals surface area contributed by atoms with E-state index in [2.05, 4.69) is 34.6 Å². The highest BCUT2D eigenvalue weighted by Crippen LogP contribution is 2.36. The summed E-state index contributed by atoms with van der Waals surface area (Å²) in [6.07, 6.45) is 15.5. The highest BCUT2D eigenvalue weighted by molar-refractivity contribution is 5.55. The zero-order chi connectivity index (χ0) is 18.7. The van der Waals surface area contributed by atoms with Gasteiger partial charge in [-0.2, -0.15) is 0 Å². The molecule has 1 nitrogen and oxygen atoms in total. The lowest BCUT2D eigenvalue weighted by molar-refractivity contribution is 0.454. The molecular weight excluding hydrogens is 304 g/mol. The van der Waals surface area contributed by atoms with Gasteiger partial charge in [-0.05, 0) is 79.7 Å². The molecule has 1 heteroatoms. The average Bonchev–Trinajstić information content (AvgIpc) is 2.61. The Morgan fingerprint density at radius 3 is 1.60 bits per heavy atom. The number of rotatable bonds is 13. The third kappa shape index (κ3) is 6.35. The van der Waals surface area contributed by atoms with Crippen molar-refractivity contribution in [2.45, 2.75) is 118 Å². The van der Waals surface area contributed by atoms with Gasteiger partial charge in [-0.25, -0.2) is 0 Å². The van der Waals surface area contributed by atoms with Gasteiger partial charge in [-0.3, -0.25) is 0 Å². The minimum atomic E-state index is 0.650. The van der Waals surface area contributed by atoms with Crippen molar-refractivity contribution in [3.8, 4) is 5.75 Å². The normalized spacial score (nSPS) is 11.2. The van der Waals surface area contributed by atoms with E-state index in [4.69, 9.17) is 0 Å². The number of unbranched alkanes of at least 4 members (excludes halogenated alkanes) is 6. The highest BCUT2D eigenvalue weighted by Gasteiger charge is 2.19. The summed E-state index contributed by atoms with van der Waals surface area (Å²) in [7, 11) is 0. The second kappa shape index (κ2) is 12.4. The van der Waals surface area contributed by atoms with E-state index < -0.39 is 0 Å². The van der Waals surface area contributed by atoms with Crippen LogP contribution in [0.3, 0.4) is 0 Å². The predicted octanol–water partition coefficient (Wildman–Crippen LogP) is 7.46. The van der Waals surface area contributed by atoms with Gasteiger partial charge in [-0.15, -0.1) is 0 Å². The van der Waals surface area contributed by atoms with Crippen molar-refractivity contribution in [1.29, 1.82) is 0 Å². The van der Waals surface area contributed by atoms with Gasteiger partial charge in [-0.1, -0.05) is 66.2 Å². The summed E-state index contributed by atoms with van der Waals surface area (Å²) < 4.78 is 0. The Bertz CT molecular complexity index is 502. The molecule has 1 aromatic rings. The Balaban J connectivity index is 3.14. The van der Waals surface area contributed by atoms with Crippen LogP contribution in [0.4, 0.5) is 0 Å². The number of phenolic OH excluding ortho intramolecular Hbond substituents is 1. The van der Waals surface area contributed by atoms with Crippen LogP contribution in [0.1, 0.15) is 113 Å². The van der Waals surface area contributed by atoms with Crippen molar-refractivity contribution in [2.75, 3.05) is 0 Å². The first-order chi connectivity index (χ1) is 12.1. The predicted molar refractivity (Wildman–Crippen MR) is 112 cm³/mol. The molecule has 0 atom stereocenters. The summed E-state index contributed by atoms with van der Waals surface area (Å²) in [5.41, 5.74) is 6.90. The SMILES string of the molecule is CCCCCCCc1c(O)c(CCCC)c(CCCC)c(C)c1CC. The first kappa shape index (κ1) is 22.1. The Morgan fingerprint density at radius 1 is 0.560 bits per heavy atom. The minimum absolute atomic E-state index is 0.650. The maximum Gasteiger partial charge on any atom is 0.122 e. The van der Waals surface area contributed by atoms with Crippen LogP contribution in [0.15, 0.2) is 0 Å². The minimum Gasteiger partial charge on any atom is -0.507 e. The molecule has 0 unspecified atom stereocenters. The molecule has 0 aliphatic carbocycles. The summed E-state index contributed by atoms with van der Waals surface area (Å²) in [6.45, 7) is 11.3. The molecule has 0 radical (unpaired) electrons. The zero-order valence-corrected chi connectivity index (χ0v) is 17.6. The topological polar surface area (TPSA) is 20.2 Å². The fraction of sp³-hybridized carbons (Fsp3) is 0.750. The second-order valence-corrected chi connectivity index (χ2v) is 7.61. The molecule has 0 spiro atoms. The van der Waals surface area contributed by atoms with Gasteiger partial charge in [0.15, 0.2) is 0 Å². The van der Waals surface area contributed by atoms with Crippen molar-refractivity contribution in [2.24, 2.45) is 0 Å². The van der Waals surface area contributed by atoms with Crippen LogP contribution in [0.25, 0.3) is 0 Å². The van der Waals surface area contributed by atoms with Crippen molar-refractivity contribution in [3.05, 3.63) is 27.8 Å². The third-order valence-corrected chi connectivity index (χ3v) is 5.65. The lowest BCUT2D eigenvalue weighted by Crippen LogP contribution is -2.07. The van der Waals surface area contributed by atoms with E-state index in [-0.39, 0.29) is 0 Å². The maximum absolute atomic E-state index is 11.1. The van der Waals surface area contributed by atoms with Gasteiger partial charge < -0.3 is 5.11 Å². The zero-order valence-electron chi connectivity index (χ0n) is 17.6. The summed E-state index contributed by atoms with van der Waals surface area (Å²) in [5, 5.41) is 11.1. The van der Waals surface area contributed by atoms with Crippen molar-refractivity contribution in [1.82, 2.24) is 0 Å². The molecule has 0 saturated carbocycles. The first-order valence-electron chi connectivity index (χ1n) is 11.0. The van der Waals surface area contributed by atoms with E-state index in [1.165, 1.54) is 85.6 Å². The molecule has 144 valence electrons. The fourth-order valence-corrected chi connectivity index (χ4v) is 4.07. The smallest absolute Gasteiger partial charge is 0.122 e. The molecule has 0 saturated heterocycles. The first-order valence-corrected chi connectivity index (χ1v) is 11.0. The average molecular weight is 347 g/mol. The molecule has 0 amide bonds. The lowest BCUT2D eigenvalue weighted by Gasteiger charge is -2.22. The van der Waals surface area contributed by atoms with E-state index in [0.29, 0.717) is 5.75 Å². The summed E-state index contributed by atoms with van der Waals surface area (Å²) in [4.78, 5) is 0. The van der Waals surface area contributed by atoms with Gasteiger partial charge in [0.1, 0.15) is 5.75 Å². The molecule has 0 aliphatic heterocycles. The van der Waals surface area contributed by atoms with Gasteiger partial charge >= 0.3 is 0 Å². The van der Waals surface area contributed by atoms with Gasteiger partial charge in [0.05, 0.1) is 0 Å². The van der Waals surface area contributed by atoms with E-state index >= 15 is 0 Å². The number of hydrogen-bond acceptors (Lipinski definition) is 1. The second-order valence-electron chi connectivity index (χ2n) is 7.61. The van der Waals surface area contributed by atoms with Crippen LogP contribution >= 0.6 is 0 Å². The molecular formula is C24H42O. The van der Waals surface area contributed by atoms with Crippen LogP contribution in [-0.4, -0.2) is 5.11 Å². The van der Waals surface area contributed by atoms with E-state index in [9.17, 15) is 5.11 Å². The standard InChI is InChI=1S/C24H42O/c1-6-10-13-14-15-18-22-20(9-4)19(5)21(16-11-7-2)23(24(22)25)17-12-8-3/h25H,6-18H2,1-5H3. The molecule has 1 N–H and O–H groups in total. The van der Waals surface area contributed by atoms with E-state index in [0.717, 1.165) is 25.7 Å². The van der Waals surface area contributed by atoms with Crippen molar-refractivity contribution < 1.29 is 5.11 Å². The number of benzene rings is 1. The van der Waals surface area contributed by atoms with Crippen molar-refractivity contribution >= 4 is 0 Å². The number of phenols is 1. The summed E-state index contributed by atoms with van der Waals surface area (Å²) in [5.74, 6) is 0.650. The highest BCUT2D eigenvalue weighted by atomic mass is 16.3. The number of aromatic hydroxyl groups is 1. The van der Waals surface area contributed by atoms with Crippen LogP contribution < -0.4 is 0 Å². The quantitative estimate of drug-likeness (QED) is 0.367. The molecule has 1 aromatic carbocycles. The van der Waals surface area contributed by atoms with Gasteiger partial charge in [0.25, 0.3) is 0 Å². The Kier molecular flexibility index (Phi) is 10.9. The van der Waals surface area contributed by atoms with Gasteiger partial charge in [0.2, 0.25) is 0 Å². The van der Waals surface area contributed by atoms with Crippen LogP contribution in [0, 0.1) is 6.92 Å². The molecule has 0 aromatic heterocycles. The fourth-order valence-electron chi connectivity index (χ4n) is 4.07. The monoisotopic (exact) mass is 346 g/mol. The summed E-state index contributed by atoms with van der Waals surface area (Å²) in [6, 6.07) is 0. The molecule has 1 rings (SSSR count). The Morgan fingerprint density at radius 2 is 1.04 bits per heavy atom. The Hall–Kier alpha value is -0.980. The largest absolute Gasteiger partial charge is 0.507 e. The molecule has 25 heavy (non-hydrogen) atoms. The maximum atomic E-state index is 11.1. The third-order valence-electron chi connectivity index (χ3n) is 5.65. The van der Waals surface area contributed by atoms with E-state index in [1.54, 1.807) is 0 Å². The molecule has 0 bridgehead atoms. The van der Waals surface area contributed by atoms with Crippen LogP contribution in [-0.2, 0) is 25.7 Å². The lowest BCUT2D eigenvalue weighted by atomic mass is 9.84.